The van der Waals surface area contributed by atoms with E-state index in [1.54, 1.807) is 13.1 Å². The molecule has 2 rings (SSSR count). The molecule has 0 radical (unpaired) electrons. The molecule has 10 nitrogen and oxygen atoms in total. The molecular weight excluding hydrogens is 340 g/mol. The Morgan fingerprint density at radius 3 is 2.08 bits per heavy atom. The molecule has 0 spiro atoms. The molecule has 1 saturated heterocycles. The number of imidazole rings is 1. The van der Waals surface area contributed by atoms with Gasteiger partial charge in [-0.05, 0) is 6.42 Å². The summed E-state index contributed by atoms with van der Waals surface area (Å²) in [4.78, 5) is 55.3. The van der Waals surface area contributed by atoms with E-state index >= 15 is 0 Å². The number of nitrogens with zero attached hydrogens (tertiary/aromatic N) is 1. The molecule has 0 saturated carbocycles. The Balaban J connectivity index is 2.05. The van der Waals surface area contributed by atoms with Crippen LogP contribution in [-0.2, 0) is 25.6 Å². The Labute approximate surface area is 150 Å². The van der Waals surface area contributed by atoms with Gasteiger partial charge in [0.1, 0.15) is 12.1 Å². The molecule has 1 aliphatic rings. The van der Waals surface area contributed by atoms with Gasteiger partial charge in [-0.3, -0.25) is 19.2 Å². The van der Waals surface area contributed by atoms with Crippen molar-refractivity contribution in [2.75, 3.05) is 13.1 Å². The van der Waals surface area contributed by atoms with Crippen LogP contribution in [-0.4, -0.2) is 58.8 Å². The lowest BCUT2D eigenvalue weighted by Gasteiger charge is -2.20. The highest BCUT2D eigenvalue weighted by Gasteiger charge is 2.24. The second kappa shape index (κ2) is 9.54. The molecule has 1 aliphatic heterocycles. The molecule has 0 unspecified atom stereocenters. The number of H-pyrrole nitrogens is 1. The van der Waals surface area contributed by atoms with Crippen molar-refractivity contribution in [2.45, 2.75) is 44.7 Å². The first kappa shape index (κ1) is 19.4. The first-order valence-corrected chi connectivity index (χ1v) is 8.61. The summed E-state index contributed by atoms with van der Waals surface area (Å²) < 4.78 is 0. The topological polar surface area (TPSA) is 145 Å². The summed E-state index contributed by atoms with van der Waals surface area (Å²) in [5.74, 6) is -1.39. The Hall–Kier alpha value is -2.91. The summed E-state index contributed by atoms with van der Waals surface area (Å²) in [5.41, 5.74) is 0.628. The van der Waals surface area contributed by atoms with Gasteiger partial charge >= 0.3 is 0 Å². The highest BCUT2D eigenvalue weighted by molar-refractivity contribution is 5.90. The Kier molecular flexibility index (Phi) is 7.12. The van der Waals surface area contributed by atoms with Crippen molar-refractivity contribution in [1.29, 1.82) is 0 Å². The monoisotopic (exact) mass is 364 g/mol. The van der Waals surface area contributed by atoms with Gasteiger partial charge in [0.05, 0.1) is 12.0 Å². The van der Waals surface area contributed by atoms with Gasteiger partial charge in [-0.25, -0.2) is 4.98 Å². The van der Waals surface area contributed by atoms with E-state index in [9.17, 15) is 19.2 Å². The number of carbonyl (C=O) groups is 4. The van der Waals surface area contributed by atoms with Crippen molar-refractivity contribution >= 4 is 23.6 Å². The standard InChI is InChI=1S/C16H24N6O4/c1-2-11-15(25)18-5-4-14(24)22-12(7-10-8-17-9-20-10)16(26)19-6-3-13(23)21-11/h8-9,11-12H,2-7H2,1H3,(H,17,20)(H,18,25)(H,19,26)(H,21,23)(H,22,24)/t11-,12-/m0/s1. The van der Waals surface area contributed by atoms with Gasteiger partial charge in [0, 0.05) is 38.5 Å². The summed E-state index contributed by atoms with van der Waals surface area (Å²) >= 11 is 0. The molecule has 0 aromatic carbocycles. The maximum atomic E-state index is 12.4. The maximum absolute atomic E-state index is 12.4. The van der Waals surface area contributed by atoms with Gasteiger partial charge in [-0.1, -0.05) is 6.92 Å². The van der Waals surface area contributed by atoms with Crippen LogP contribution < -0.4 is 21.3 Å². The van der Waals surface area contributed by atoms with Crippen molar-refractivity contribution < 1.29 is 19.2 Å². The van der Waals surface area contributed by atoms with Crippen molar-refractivity contribution in [3.8, 4) is 0 Å². The minimum atomic E-state index is -0.809. The van der Waals surface area contributed by atoms with E-state index in [2.05, 4.69) is 31.2 Å². The Morgan fingerprint density at radius 2 is 1.54 bits per heavy atom. The van der Waals surface area contributed by atoms with Gasteiger partial charge in [0.25, 0.3) is 0 Å². The van der Waals surface area contributed by atoms with Crippen molar-refractivity contribution in [1.82, 2.24) is 31.2 Å². The molecule has 1 aromatic heterocycles. The minimum Gasteiger partial charge on any atom is -0.354 e. The first-order valence-electron chi connectivity index (χ1n) is 8.61. The molecule has 0 bridgehead atoms. The maximum Gasteiger partial charge on any atom is 0.242 e. The number of aromatic nitrogens is 2. The molecule has 0 aliphatic carbocycles. The number of nitrogens with one attached hydrogen (secondary N) is 5. The summed E-state index contributed by atoms with van der Waals surface area (Å²) in [6.45, 7) is 2.01. The van der Waals surface area contributed by atoms with Crippen LogP contribution in [0.15, 0.2) is 12.5 Å². The molecule has 2 heterocycles. The summed E-state index contributed by atoms with van der Waals surface area (Å²) in [6.07, 6.45) is 3.85. The summed E-state index contributed by atoms with van der Waals surface area (Å²) in [7, 11) is 0. The first-order chi connectivity index (χ1) is 12.5. The third kappa shape index (κ3) is 5.87. The average molecular weight is 364 g/mol. The van der Waals surface area contributed by atoms with Gasteiger partial charge in [0.15, 0.2) is 0 Å². The number of carbonyl (C=O) groups excluding carboxylic acids is 4. The molecule has 2 atom stereocenters. The van der Waals surface area contributed by atoms with E-state index in [1.165, 1.54) is 6.33 Å². The highest BCUT2D eigenvalue weighted by Crippen LogP contribution is 2.01. The predicted molar refractivity (Wildman–Crippen MR) is 91.7 cm³/mol. The number of rotatable bonds is 3. The predicted octanol–water partition coefficient (Wildman–Crippen LogP) is -1.64. The van der Waals surface area contributed by atoms with Crippen molar-refractivity contribution in [3.63, 3.8) is 0 Å². The fourth-order valence-electron chi connectivity index (χ4n) is 2.55. The fourth-order valence-corrected chi connectivity index (χ4v) is 2.55. The van der Waals surface area contributed by atoms with E-state index in [1.807, 2.05) is 0 Å². The molecule has 1 aromatic rings. The van der Waals surface area contributed by atoms with Crippen LogP contribution in [0.25, 0.3) is 0 Å². The third-order valence-corrected chi connectivity index (χ3v) is 3.98. The van der Waals surface area contributed by atoms with E-state index in [0.717, 1.165) is 0 Å². The highest BCUT2D eigenvalue weighted by atomic mass is 16.2. The quantitative estimate of drug-likeness (QED) is 0.437. The zero-order valence-electron chi connectivity index (χ0n) is 14.6. The van der Waals surface area contributed by atoms with Gasteiger partial charge in [0.2, 0.25) is 23.6 Å². The van der Waals surface area contributed by atoms with E-state index in [0.29, 0.717) is 12.1 Å². The lowest BCUT2D eigenvalue weighted by molar-refractivity contribution is -0.131. The lowest BCUT2D eigenvalue weighted by atomic mass is 10.1. The minimum absolute atomic E-state index is 0.0282. The molecular formula is C16H24N6O4. The molecule has 142 valence electrons. The Morgan fingerprint density at radius 1 is 0.962 bits per heavy atom. The lowest BCUT2D eigenvalue weighted by Crippen LogP contribution is -2.51. The number of aromatic amines is 1. The van der Waals surface area contributed by atoms with Crippen molar-refractivity contribution in [2.24, 2.45) is 0 Å². The van der Waals surface area contributed by atoms with Crippen LogP contribution in [0.3, 0.4) is 0 Å². The second-order valence-corrected chi connectivity index (χ2v) is 6.00. The van der Waals surface area contributed by atoms with Crippen molar-refractivity contribution in [3.05, 3.63) is 18.2 Å². The van der Waals surface area contributed by atoms with E-state index in [4.69, 9.17) is 0 Å². The van der Waals surface area contributed by atoms with Gasteiger partial charge < -0.3 is 26.3 Å². The second-order valence-electron chi connectivity index (χ2n) is 6.00. The molecule has 4 amide bonds. The summed E-state index contributed by atoms with van der Waals surface area (Å²) in [5, 5.41) is 10.5. The van der Waals surface area contributed by atoms with Crippen LogP contribution in [0, 0.1) is 0 Å². The average Bonchev–Trinajstić information content (AvgIpc) is 3.11. The molecule has 1 fully saturated rings. The SMILES string of the molecule is CC[C@@H]1NC(=O)CCNC(=O)[C@H](Cc2c[nH]cn2)NC(=O)CCNC1=O. The third-order valence-electron chi connectivity index (χ3n) is 3.98. The van der Waals surface area contributed by atoms with Crippen LogP contribution >= 0.6 is 0 Å². The van der Waals surface area contributed by atoms with Crippen LogP contribution in [0.1, 0.15) is 31.9 Å². The molecule has 10 heteroatoms. The van der Waals surface area contributed by atoms with Gasteiger partial charge in [-0.15, -0.1) is 0 Å². The molecule has 26 heavy (non-hydrogen) atoms. The van der Waals surface area contributed by atoms with Crippen LogP contribution in [0.5, 0.6) is 0 Å². The smallest absolute Gasteiger partial charge is 0.242 e. The van der Waals surface area contributed by atoms with E-state index < -0.39 is 12.1 Å². The van der Waals surface area contributed by atoms with Crippen LogP contribution in [0.4, 0.5) is 0 Å². The normalized spacial score (nSPS) is 23.3. The fraction of sp³-hybridized carbons (Fsp3) is 0.562. The molecule has 5 N–H and O–H groups in total. The number of hydrogen-bond acceptors (Lipinski definition) is 5. The Bertz CT molecular complexity index is 645. The largest absolute Gasteiger partial charge is 0.354 e. The summed E-state index contributed by atoms with van der Waals surface area (Å²) in [6, 6.07) is -1.47. The van der Waals surface area contributed by atoms with Gasteiger partial charge in [-0.2, -0.15) is 0 Å². The van der Waals surface area contributed by atoms with E-state index in [-0.39, 0.29) is 56.0 Å². The zero-order valence-corrected chi connectivity index (χ0v) is 14.6. The number of hydrogen-bond donors (Lipinski definition) is 5. The zero-order chi connectivity index (χ0) is 18.9. The van der Waals surface area contributed by atoms with Crippen LogP contribution in [0.2, 0.25) is 0 Å². The number of amides is 4.